The molecule has 0 spiro atoms. The Labute approximate surface area is 121 Å². The summed E-state index contributed by atoms with van der Waals surface area (Å²) in [6.45, 7) is 1.90. The second-order valence-corrected chi connectivity index (χ2v) is 4.95. The number of hydrogen-bond acceptors (Lipinski definition) is 2. The number of anilines is 1. The van der Waals surface area contributed by atoms with Crippen molar-refractivity contribution in [3.05, 3.63) is 71.9 Å². The molecule has 1 unspecified atom stereocenters. The van der Waals surface area contributed by atoms with E-state index in [0.717, 1.165) is 22.7 Å². The number of halogens is 2. The second kappa shape index (κ2) is 5.48. The first-order chi connectivity index (χ1) is 10.1. The van der Waals surface area contributed by atoms with E-state index in [9.17, 15) is 8.78 Å². The van der Waals surface area contributed by atoms with Gasteiger partial charge in [0.05, 0.1) is 5.52 Å². The van der Waals surface area contributed by atoms with Crippen LogP contribution in [0.3, 0.4) is 0 Å². The highest BCUT2D eigenvalue weighted by molar-refractivity contribution is 5.82. The zero-order valence-electron chi connectivity index (χ0n) is 11.5. The van der Waals surface area contributed by atoms with Crippen molar-refractivity contribution in [2.45, 2.75) is 13.0 Å². The number of nitrogens with one attached hydrogen (secondary N) is 1. The Balaban J connectivity index is 1.85. The molecular weight excluding hydrogens is 270 g/mol. The molecule has 0 saturated carbocycles. The monoisotopic (exact) mass is 284 g/mol. The number of rotatable bonds is 3. The van der Waals surface area contributed by atoms with Gasteiger partial charge in [0.2, 0.25) is 0 Å². The van der Waals surface area contributed by atoms with E-state index < -0.39 is 11.6 Å². The van der Waals surface area contributed by atoms with Gasteiger partial charge in [0.1, 0.15) is 0 Å². The van der Waals surface area contributed by atoms with Gasteiger partial charge in [-0.15, -0.1) is 0 Å². The van der Waals surface area contributed by atoms with Crippen LogP contribution in [-0.2, 0) is 0 Å². The van der Waals surface area contributed by atoms with Gasteiger partial charge >= 0.3 is 0 Å². The Kier molecular flexibility index (Phi) is 3.52. The molecule has 0 bridgehead atoms. The molecule has 3 aromatic rings. The summed E-state index contributed by atoms with van der Waals surface area (Å²) in [6.07, 6.45) is 1.75. The first-order valence-corrected chi connectivity index (χ1v) is 6.70. The molecule has 1 heterocycles. The van der Waals surface area contributed by atoms with E-state index in [1.807, 2.05) is 37.3 Å². The quantitative estimate of drug-likeness (QED) is 0.755. The van der Waals surface area contributed by atoms with Crippen molar-refractivity contribution < 1.29 is 8.78 Å². The van der Waals surface area contributed by atoms with Crippen LogP contribution in [0.2, 0.25) is 0 Å². The van der Waals surface area contributed by atoms with Crippen molar-refractivity contribution in [3.63, 3.8) is 0 Å². The van der Waals surface area contributed by atoms with Gasteiger partial charge in [-0.25, -0.2) is 8.78 Å². The number of benzene rings is 2. The van der Waals surface area contributed by atoms with E-state index in [0.29, 0.717) is 5.56 Å². The molecular formula is C17H14F2N2. The Morgan fingerprint density at radius 1 is 1.00 bits per heavy atom. The standard InChI is InChI=1S/C17H14F2N2/c1-11(12-4-6-15(18)16(19)10-12)21-14-5-7-17-13(9-14)3-2-8-20-17/h2-11,21H,1H3. The largest absolute Gasteiger partial charge is 0.379 e. The Morgan fingerprint density at radius 2 is 1.86 bits per heavy atom. The molecule has 2 aromatic carbocycles. The minimum atomic E-state index is -0.831. The summed E-state index contributed by atoms with van der Waals surface area (Å²) < 4.78 is 26.2. The second-order valence-electron chi connectivity index (χ2n) is 4.95. The van der Waals surface area contributed by atoms with Gasteiger partial charge in [-0.2, -0.15) is 0 Å². The van der Waals surface area contributed by atoms with Crippen molar-refractivity contribution in [1.29, 1.82) is 0 Å². The average Bonchev–Trinajstić information content (AvgIpc) is 2.50. The van der Waals surface area contributed by atoms with Gasteiger partial charge in [0.25, 0.3) is 0 Å². The minimum absolute atomic E-state index is 0.130. The molecule has 1 atom stereocenters. The van der Waals surface area contributed by atoms with Gasteiger partial charge in [-0.1, -0.05) is 12.1 Å². The predicted octanol–water partition coefficient (Wildman–Crippen LogP) is 4.69. The summed E-state index contributed by atoms with van der Waals surface area (Å²) in [5.41, 5.74) is 2.52. The first kappa shape index (κ1) is 13.5. The van der Waals surface area contributed by atoms with Crippen LogP contribution < -0.4 is 5.32 Å². The lowest BCUT2D eigenvalue weighted by Crippen LogP contribution is -2.07. The zero-order chi connectivity index (χ0) is 14.8. The van der Waals surface area contributed by atoms with Gasteiger partial charge in [0, 0.05) is 23.3 Å². The van der Waals surface area contributed by atoms with Crippen LogP contribution in [0.25, 0.3) is 10.9 Å². The molecule has 0 aliphatic rings. The van der Waals surface area contributed by atoms with Gasteiger partial charge in [0.15, 0.2) is 11.6 Å². The molecule has 4 heteroatoms. The Bertz CT molecular complexity index is 787. The van der Waals surface area contributed by atoms with E-state index in [-0.39, 0.29) is 6.04 Å². The summed E-state index contributed by atoms with van der Waals surface area (Å²) in [5.74, 6) is -1.66. The predicted molar refractivity (Wildman–Crippen MR) is 80.1 cm³/mol. The summed E-state index contributed by atoms with van der Waals surface area (Å²) in [5, 5.41) is 4.31. The van der Waals surface area contributed by atoms with Crippen LogP contribution >= 0.6 is 0 Å². The SMILES string of the molecule is CC(Nc1ccc2ncccc2c1)c1ccc(F)c(F)c1. The van der Waals surface area contributed by atoms with E-state index in [2.05, 4.69) is 10.3 Å². The van der Waals surface area contributed by atoms with Crippen LogP contribution in [0.1, 0.15) is 18.5 Å². The number of fused-ring (bicyclic) bond motifs is 1. The summed E-state index contributed by atoms with van der Waals surface area (Å²) in [4.78, 5) is 4.26. The molecule has 21 heavy (non-hydrogen) atoms. The highest BCUT2D eigenvalue weighted by Crippen LogP contribution is 2.23. The fourth-order valence-electron chi connectivity index (χ4n) is 2.28. The lowest BCUT2D eigenvalue weighted by molar-refractivity contribution is 0.506. The summed E-state index contributed by atoms with van der Waals surface area (Å²) in [6, 6.07) is 13.5. The highest BCUT2D eigenvalue weighted by Gasteiger charge is 2.09. The molecule has 2 nitrogen and oxygen atoms in total. The topological polar surface area (TPSA) is 24.9 Å². The van der Waals surface area contributed by atoms with E-state index in [4.69, 9.17) is 0 Å². The van der Waals surface area contributed by atoms with Crippen molar-refractivity contribution in [2.75, 3.05) is 5.32 Å². The molecule has 0 radical (unpaired) electrons. The van der Waals surface area contributed by atoms with Crippen molar-refractivity contribution in [3.8, 4) is 0 Å². The smallest absolute Gasteiger partial charge is 0.159 e. The van der Waals surface area contributed by atoms with Crippen LogP contribution in [0.15, 0.2) is 54.7 Å². The first-order valence-electron chi connectivity index (χ1n) is 6.70. The van der Waals surface area contributed by atoms with Crippen LogP contribution in [0.5, 0.6) is 0 Å². The van der Waals surface area contributed by atoms with Crippen LogP contribution in [-0.4, -0.2) is 4.98 Å². The van der Waals surface area contributed by atoms with Crippen molar-refractivity contribution in [2.24, 2.45) is 0 Å². The molecule has 0 aliphatic heterocycles. The van der Waals surface area contributed by atoms with Crippen LogP contribution in [0, 0.1) is 11.6 Å². The molecule has 106 valence electrons. The third kappa shape index (κ3) is 2.84. The molecule has 0 amide bonds. The molecule has 3 rings (SSSR count). The fraction of sp³-hybridized carbons (Fsp3) is 0.118. The van der Waals surface area contributed by atoms with E-state index in [1.54, 1.807) is 12.3 Å². The molecule has 0 saturated heterocycles. The van der Waals surface area contributed by atoms with Crippen LogP contribution in [0.4, 0.5) is 14.5 Å². The molecule has 1 aromatic heterocycles. The molecule has 0 fully saturated rings. The van der Waals surface area contributed by atoms with E-state index in [1.165, 1.54) is 6.07 Å². The third-order valence-electron chi connectivity index (χ3n) is 3.43. The summed E-state index contributed by atoms with van der Waals surface area (Å²) >= 11 is 0. The highest BCUT2D eigenvalue weighted by atomic mass is 19.2. The number of hydrogen-bond donors (Lipinski definition) is 1. The van der Waals surface area contributed by atoms with Gasteiger partial charge in [-0.05, 0) is 48.9 Å². The lowest BCUT2D eigenvalue weighted by Gasteiger charge is -2.16. The Morgan fingerprint density at radius 3 is 2.67 bits per heavy atom. The number of aromatic nitrogens is 1. The lowest BCUT2D eigenvalue weighted by atomic mass is 10.1. The normalized spacial score (nSPS) is 12.3. The maximum atomic E-state index is 13.3. The third-order valence-corrected chi connectivity index (χ3v) is 3.43. The van der Waals surface area contributed by atoms with Gasteiger partial charge < -0.3 is 5.32 Å². The number of nitrogens with zero attached hydrogens (tertiary/aromatic N) is 1. The van der Waals surface area contributed by atoms with E-state index >= 15 is 0 Å². The summed E-state index contributed by atoms with van der Waals surface area (Å²) in [7, 11) is 0. The molecule has 0 aliphatic carbocycles. The molecule has 1 N–H and O–H groups in total. The van der Waals surface area contributed by atoms with Gasteiger partial charge in [-0.3, -0.25) is 4.98 Å². The number of pyridine rings is 1. The maximum Gasteiger partial charge on any atom is 0.159 e. The average molecular weight is 284 g/mol. The fourth-order valence-corrected chi connectivity index (χ4v) is 2.28. The minimum Gasteiger partial charge on any atom is -0.379 e. The maximum absolute atomic E-state index is 13.3. The van der Waals surface area contributed by atoms with Crippen molar-refractivity contribution in [1.82, 2.24) is 4.98 Å². The van der Waals surface area contributed by atoms with Crippen molar-refractivity contribution >= 4 is 16.6 Å². The Hall–Kier alpha value is -2.49. The zero-order valence-corrected chi connectivity index (χ0v) is 11.5.